The Morgan fingerprint density at radius 3 is 2.72 bits per heavy atom. The lowest BCUT2D eigenvalue weighted by atomic mass is 9.97. The van der Waals surface area contributed by atoms with Crippen LogP contribution in [0.2, 0.25) is 0 Å². The van der Waals surface area contributed by atoms with E-state index >= 15 is 0 Å². The molecule has 0 radical (unpaired) electrons. The fraction of sp³-hybridized carbons (Fsp3) is 0.409. The molecule has 170 valence electrons. The molecule has 2 N–H and O–H groups in total. The molecule has 0 spiro atoms. The number of nitrogens with one attached hydrogen (secondary N) is 2. The molecule has 0 bridgehead atoms. The molecule has 2 aromatic heterocycles. The van der Waals surface area contributed by atoms with Crippen LogP contribution in [0.4, 0.5) is 10.8 Å². The van der Waals surface area contributed by atoms with Gasteiger partial charge in [-0.05, 0) is 30.7 Å². The molecule has 1 aliphatic rings. The fourth-order valence-electron chi connectivity index (χ4n) is 3.58. The van der Waals surface area contributed by atoms with Gasteiger partial charge in [0.2, 0.25) is 5.91 Å². The molecule has 0 aliphatic carbocycles. The zero-order valence-corrected chi connectivity index (χ0v) is 19.1. The van der Waals surface area contributed by atoms with E-state index in [4.69, 9.17) is 4.74 Å². The summed E-state index contributed by atoms with van der Waals surface area (Å²) in [5.41, 5.74) is 1.60. The van der Waals surface area contributed by atoms with E-state index in [1.165, 1.54) is 43.7 Å². The van der Waals surface area contributed by atoms with E-state index in [0.29, 0.717) is 29.1 Å². The van der Waals surface area contributed by atoms with Gasteiger partial charge in [0.05, 0.1) is 12.0 Å². The van der Waals surface area contributed by atoms with E-state index in [0.717, 1.165) is 23.5 Å². The van der Waals surface area contributed by atoms with Gasteiger partial charge < -0.3 is 15.4 Å². The third kappa shape index (κ3) is 5.64. The predicted octanol–water partition coefficient (Wildman–Crippen LogP) is 2.52. The lowest BCUT2D eigenvalue weighted by Crippen LogP contribution is -2.30. The van der Waals surface area contributed by atoms with Crippen LogP contribution < -0.4 is 10.6 Å². The predicted molar refractivity (Wildman–Crippen MR) is 121 cm³/mol. The van der Waals surface area contributed by atoms with Crippen LogP contribution in [0.1, 0.15) is 51.4 Å². The number of rotatable bonds is 9. The first kappa shape index (κ1) is 23.7. The topological polar surface area (TPSA) is 118 Å². The largest absolute Gasteiger partial charge is 0.377 e. The maximum Gasteiger partial charge on any atom is 0.256 e. The van der Waals surface area contributed by atoms with Gasteiger partial charge in [-0.2, -0.15) is 0 Å². The van der Waals surface area contributed by atoms with Crippen LogP contribution in [0.3, 0.4) is 0 Å². The van der Waals surface area contributed by atoms with Gasteiger partial charge in [-0.3, -0.25) is 24.1 Å². The summed E-state index contributed by atoms with van der Waals surface area (Å²) in [5, 5.41) is 5.82. The molecule has 3 heterocycles. The molecule has 3 rings (SSSR count). The highest BCUT2D eigenvalue weighted by atomic mass is 32.1. The van der Waals surface area contributed by atoms with E-state index in [2.05, 4.69) is 27.4 Å². The third-order valence-electron chi connectivity index (χ3n) is 5.08. The number of carbonyl (C=O) groups excluding carboxylic acids is 4. The first-order valence-electron chi connectivity index (χ1n) is 10.3. The molecule has 10 heteroatoms. The first-order chi connectivity index (χ1) is 15.3. The van der Waals surface area contributed by atoms with Gasteiger partial charge in [0.25, 0.3) is 5.91 Å². The highest BCUT2D eigenvalue weighted by Crippen LogP contribution is 2.38. The number of hydrogen-bond acceptors (Lipinski definition) is 8. The number of pyridine rings is 1. The molecule has 2 amide bonds. The minimum atomic E-state index is -0.429. The quantitative estimate of drug-likeness (QED) is 0.438. The number of methoxy groups -OCH3 is 1. The molecule has 2 aromatic rings. The Hall–Kier alpha value is -2.95. The van der Waals surface area contributed by atoms with Crippen molar-refractivity contribution in [3.05, 3.63) is 39.9 Å². The third-order valence-corrected chi connectivity index (χ3v) is 6.21. The Kier molecular flexibility index (Phi) is 7.84. The van der Waals surface area contributed by atoms with E-state index in [-0.39, 0.29) is 36.3 Å². The Morgan fingerprint density at radius 2 is 2.03 bits per heavy atom. The van der Waals surface area contributed by atoms with Crippen molar-refractivity contribution in [2.24, 2.45) is 0 Å². The second kappa shape index (κ2) is 10.6. The highest BCUT2D eigenvalue weighted by Gasteiger charge is 2.29. The number of likely N-dealkylation sites (N-methyl/N-ethyl adjacent to an activating group) is 1. The molecule has 1 aliphatic heterocycles. The molecular weight excluding hydrogens is 432 g/mol. The smallest absolute Gasteiger partial charge is 0.256 e. The lowest BCUT2D eigenvalue weighted by Gasteiger charge is -2.25. The van der Waals surface area contributed by atoms with Crippen LogP contribution in [0.25, 0.3) is 0 Å². The Balaban J connectivity index is 1.90. The number of Topliss-reactive ketones (excluding diaryl/α,β-unsaturated/α-hetero) is 2. The number of aromatic nitrogens is 1. The Bertz CT molecular complexity index is 1050. The maximum absolute atomic E-state index is 13.0. The van der Waals surface area contributed by atoms with Crippen molar-refractivity contribution in [3.8, 4) is 0 Å². The van der Waals surface area contributed by atoms with Crippen molar-refractivity contribution in [2.75, 3.05) is 37.4 Å². The van der Waals surface area contributed by atoms with Crippen molar-refractivity contribution in [1.29, 1.82) is 0 Å². The van der Waals surface area contributed by atoms with Crippen LogP contribution in [0.5, 0.6) is 0 Å². The maximum atomic E-state index is 13.0. The number of ether oxygens (including phenoxy) is 1. The van der Waals surface area contributed by atoms with Crippen molar-refractivity contribution in [3.63, 3.8) is 0 Å². The summed E-state index contributed by atoms with van der Waals surface area (Å²) in [5.74, 6) is -1.10. The molecule has 0 aromatic carbocycles. The molecule has 0 saturated carbocycles. The fourth-order valence-corrected chi connectivity index (χ4v) is 4.89. The van der Waals surface area contributed by atoms with Gasteiger partial charge in [0, 0.05) is 43.8 Å². The number of ketones is 2. The van der Waals surface area contributed by atoms with E-state index in [9.17, 15) is 19.2 Å². The first-order valence-corrected chi connectivity index (χ1v) is 11.1. The van der Waals surface area contributed by atoms with Crippen LogP contribution in [0, 0.1) is 0 Å². The SMILES string of the molecule is CCN1CCc2c(sc(NC(=O)c3ccnc(NC(C)=O)c3)c2C(=O)CC(=O)COC)C1. The van der Waals surface area contributed by atoms with Crippen molar-refractivity contribution < 1.29 is 23.9 Å². The average molecular weight is 459 g/mol. The number of hydrogen-bond donors (Lipinski definition) is 2. The van der Waals surface area contributed by atoms with Crippen molar-refractivity contribution in [2.45, 2.75) is 33.2 Å². The van der Waals surface area contributed by atoms with Crippen LogP contribution in [-0.4, -0.2) is 60.1 Å². The summed E-state index contributed by atoms with van der Waals surface area (Å²) in [7, 11) is 1.41. The van der Waals surface area contributed by atoms with Gasteiger partial charge in [-0.15, -0.1) is 11.3 Å². The Morgan fingerprint density at radius 1 is 1.25 bits per heavy atom. The molecule has 0 unspecified atom stereocenters. The zero-order valence-electron chi connectivity index (χ0n) is 18.3. The monoisotopic (exact) mass is 458 g/mol. The summed E-state index contributed by atoms with van der Waals surface area (Å²) >= 11 is 1.37. The second-order valence-electron chi connectivity index (χ2n) is 7.46. The van der Waals surface area contributed by atoms with E-state index in [1.54, 1.807) is 0 Å². The summed E-state index contributed by atoms with van der Waals surface area (Å²) in [6.45, 7) is 5.69. The van der Waals surface area contributed by atoms with Crippen molar-refractivity contribution >= 4 is 45.5 Å². The number of amides is 2. The lowest BCUT2D eigenvalue weighted by molar-refractivity contribution is -0.121. The van der Waals surface area contributed by atoms with Crippen molar-refractivity contribution in [1.82, 2.24) is 9.88 Å². The van der Waals surface area contributed by atoms with Gasteiger partial charge in [-0.1, -0.05) is 6.92 Å². The number of fused-ring (bicyclic) bond motifs is 1. The number of thiophene rings is 1. The van der Waals surface area contributed by atoms with Crippen LogP contribution in [-0.2, 0) is 27.3 Å². The molecule has 0 saturated heterocycles. The minimum absolute atomic E-state index is 0.133. The molecule has 9 nitrogen and oxygen atoms in total. The normalized spacial score (nSPS) is 13.3. The minimum Gasteiger partial charge on any atom is -0.377 e. The van der Waals surface area contributed by atoms with Gasteiger partial charge in [0.15, 0.2) is 11.6 Å². The van der Waals surface area contributed by atoms with E-state index in [1.807, 2.05) is 0 Å². The average Bonchev–Trinajstić information content (AvgIpc) is 3.10. The van der Waals surface area contributed by atoms with Crippen LogP contribution >= 0.6 is 11.3 Å². The number of carbonyl (C=O) groups is 4. The Labute approximate surface area is 190 Å². The molecular formula is C22H26N4O5S. The summed E-state index contributed by atoms with van der Waals surface area (Å²) in [4.78, 5) is 56.6. The summed E-state index contributed by atoms with van der Waals surface area (Å²) in [6, 6.07) is 2.99. The van der Waals surface area contributed by atoms with Crippen LogP contribution in [0.15, 0.2) is 18.3 Å². The van der Waals surface area contributed by atoms with Gasteiger partial charge in [-0.25, -0.2) is 4.98 Å². The summed E-state index contributed by atoms with van der Waals surface area (Å²) in [6.07, 6.45) is 1.82. The second-order valence-corrected chi connectivity index (χ2v) is 8.57. The zero-order chi connectivity index (χ0) is 23.3. The highest BCUT2D eigenvalue weighted by molar-refractivity contribution is 7.17. The number of anilines is 2. The van der Waals surface area contributed by atoms with Gasteiger partial charge in [0.1, 0.15) is 17.4 Å². The molecule has 0 fully saturated rings. The standard InChI is InChI=1S/C22H26N4O5S/c1-4-26-8-6-16-18(11-26)32-22(20(16)17(29)10-15(28)12-31-3)25-21(30)14-5-7-23-19(9-14)24-13(2)27/h5,7,9H,4,6,8,10-12H2,1-3H3,(H,25,30)(H,23,24,27). The summed E-state index contributed by atoms with van der Waals surface area (Å²) < 4.78 is 4.84. The molecule has 32 heavy (non-hydrogen) atoms. The van der Waals surface area contributed by atoms with E-state index < -0.39 is 5.91 Å². The molecule has 0 atom stereocenters. The number of nitrogens with zero attached hydrogens (tertiary/aromatic N) is 2. The van der Waals surface area contributed by atoms with Gasteiger partial charge >= 0.3 is 0 Å².